The number of nitrogens with one attached hydrogen (secondary N) is 2. The average molecular weight is 400 g/mol. The van der Waals surface area contributed by atoms with Gasteiger partial charge in [0, 0.05) is 11.6 Å². The lowest BCUT2D eigenvalue weighted by Gasteiger charge is -2.26. The Morgan fingerprint density at radius 3 is 2.46 bits per heavy atom. The van der Waals surface area contributed by atoms with Gasteiger partial charge in [-0.15, -0.1) is 0 Å². The third-order valence-corrected chi connectivity index (χ3v) is 5.17. The first-order chi connectivity index (χ1) is 13.5. The summed E-state index contributed by atoms with van der Waals surface area (Å²) in [4.78, 5) is 39.0. The standard InChI is InChI=1S/C21H22ClN3O3/c1-2-12-21(16-9-4-3-5-10-16)19(27)25(20(28)24-21)14-18(26)23-13-15-8-6-7-11-17(15)22/h3-11H,2,12-14H2,1H3,(H,23,26)(H,24,28)/t21-/m0/s1. The zero-order valence-corrected chi connectivity index (χ0v) is 16.3. The van der Waals surface area contributed by atoms with E-state index in [0.717, 1.165) is 10.5 Å². The van der Waals surface area contributed by atoms with Crippen molar-refractivity contribution in [2.75, 3.05) is 6.54 Å². The van der Waals surface area contributed by atoms with Crippen LogP contribution in [0.4, 0.5) is 4.79 Å². The number of nitrogens with zero attached hydrogens (tertiary/aromatic N) is 1. The Morgan fingerprint density at radius 1 is 1.11 bits per heavy atom. The number of hydrogen-bond acceptors (Lipinski definition) is 3. The lowest BCUT2D eigenvalue weighted by atomic mass is 9.85. The molecule has 28 heavy (non-hydrogen) atoms. The van der Waals surface area contributed by atoms with Gasteiger partial charge in [-0.25, -0.2) is 4.79 Å². The van der Waals surface area contributed by atoms with Crippen molar-refractivity contribution in [3.63, 3.8) is 0 Å². The predicted molar refractivity (Wildman–Crippen MR) is 107 cm³/mol. The number of amides is 4. The van der Waals surface area contributed by atoms with E-state index in [2.05, 4.69) is 10.6 Å². The quantitative estimate of drug-likeness (QED) is 0.702. The van der Waals surface area contributed by atoms with Gasteiger partial charge >= 0.3 is 6.03 Å². The van der Waals surface area contributed by atoms with E-state index in [9.17, 15) is 14.4 Å². The fourth-order valence-electron chi connectivity index (χ4n) is 3.41. The molecule has 2 aromatic carbocycles. The Balaban J connectivity index is 1.72. The van der Waals surface area contributed by atoms with Gasteiger partial charge < -0.3 is 10.6 Å². The van der Waals surface area contributed by atoms with Crippen molar-refractivity contribution in [1.29, 1.82) is 0 Å². The summed E-state index contributed by atoms with van der Waals surface area (Å²) in [5.74, 6) is -0.831. The van der Waals surface area contributed by atoms with Crippen LogP contribution in [0.3, 0.4) is 0 Å². The summed E-state index contributed by atoms with van der Waals surface area (Å²) < 4.78 is 0. The summed E-state index contributed by atoms with van der Waals surface area (Å²) in [6.07, 6.45) is 1.16. The summed E-state index contributed by atoms with van der Waals surface area (Å²) in [5.41, 5.74) is 0.351. The lowest BCUT2D eigenvalue weighted by molar-refractivity contribution is -0.135. The molecule has 1 saturated heterocycles. The first kappa shape index (κ1) is 19.9. The molecule has 0 saturated carbocycles. The van der Waals surface area contributed by atoms with E-state index in [0.29, 0.717) is 23.4 Å². The number of hydrogen-bond donors (Lipinski definition) is 2. The maximum Gasteiger partial charge on any atom is 0.325 e. The fraction of sp³-hybridized carbons (Fsp3) is 0.286. The zero-order valence-electron chi connectivity index (χ0n) is 15.6. The van der Waals surface area contributed by atoms with Gasteiger partial charge in [-0.3, -0.25) is 14.5 Å². The Bertz CT molecular complexity index is 887. The van der Waals surface area contributed by atoms with Crippen molar-refractivity contribution in [3.8, 4) is 0 Å². The second-order valence-corrected chi connectivity index (χ2v) is 7.12. The predicted octanol–water partition coefficient (Wildman–Crippen LogP) is 3.20. The maximum absolute atomic E-state index is 13.1. The Labute approximate surface area is 168 Å². The van der Waals surface area contributed by atoms with Gasteiger partial charge in [0.1, 0.15) is 12.1 Å². The Kier molecular flexibility index (Phi) is 5.99. The van der Waals surface area contributed by atoms with E-state index in [-0.39, 0.29) is 13.1 Å². The molecule has 1 aliphatic rings. The maximum atomic E-state index is 13.1. The summed E-state index contributed by atoms with van der Waals surface area (Å²) >= 11 is 6.08. The largest absolute Gasteiger partial charge is 0.350 e. The molecule has 6 nitrogen and oxygen atoms in total. The lowest BCUT2D eigenvalue weighted by Crippen LogP contribution is -2.45. The number of urea groups is 1. The monoisotopic (exact) mass is 399 g/mol. The summed E-state index contributed by atoms with van der Waals surface area (Å²) in [5, 5.41) is 6.06. The van der Waals surface area contributed by atoms with Gasteiger partial charge in [-0.2, -0.15) is 0 Å². The van der Waals surface area contributed by atoms with Crippen molar-refractivity contribution < 1.29 is 14.4 Å². The highest BCUT2D eigenvalue weighted by atomic mass is 35.5. The molecule has 0 bridgehead atoms. The molecule has 1 heterocycles. The fourth-order valence-corrected chi connectivity index (χ4v) is 3.61. The minimum absolute atomic E-state index is 0.223. The van der Waals surface area contributed by atoms with Crippen molar-refractivity contribution in [1.82, 2.24) is 15.5 Å². The Morgan fingerprint density at radius 2 is 1.79 bits per heavy atom. The van der Waals surface area contributed by atoms with E-state index >= 15 is 0 Å². The molecule has 146 valence electrons. The molecule has 0 radical (unpaired) electrons. The summed E-state index contributed by atoms with van der Waals surface area (Å²) in [7, 11) is 0. The molecule has 0 aromatic heterocycles. The second-order valence-electron chi connectivity index (χ2n) is 6.71. The van der Waals surface area contributed by atoms with E-state index in [1.165, 1.54) is 0 Å². The molecule has 0 unspecified atom stereocenters. The highest BCUT2D eigenvalue weighted by molar-refractivity contribution is 6.31. The minimum Gasteiger partial charge on any atom is -0.350 e. The van der Waals surface area contributed by atoms with Gasteiger partial charge in [-0.05, 0) is 23.6 Å². The molecule has 0 aliphatic carbocycles. The minimum atomic E-state index is -1.13. The molecule has 1 fully saturated rings. The van der Waals surface area contributed by atoms with Crippen molar-refractivity contribution >= 4 is 29.4 Å². The molecular weight excluding hydrogens is 378 g/mol. The van der Waals surface area contributed by atoms with Crippen LogP contribution in [0.5, 0.6) is 0 Å². The average Bonchev–Trinajstić information content (AvgIpc) is 2.93. The highest BCUT2D eigenvalue weighted by Crippen LogP contribution is 2.33. The van der Waals surface area contributed by atoms with Gasteiger partial charge in [0.05, 0.1) is 0 Å². The van der Waals surface area contributed by atoms with Gasteiger partial charge in [0.25, 0.3) is 5.91 Å². The first-order valence-electron chi connectivity index (χ1n) is 9.17. The number of rotatable bonds is 7. The molecule has 2 N–H and O–H groups in total. The Hall–Kier alpha value is -2.86. The van der Waals surface area contributed by atoms with Crippen LogP contribution in [0, 0.1) is 0 Å². The van der Waals surface area contributed by atoms with Crippen LogP contribution in [0.15, 0.2) is 54.6 Å². The second kappa shape index (κ2) is 8.44. The van der Waals surface area contributed by atoms with Gasteiger partial charge in [-0.1, -0.05) is 73.5 Å². The molecule has 3 rings (SSSR count). The van der Waals surface area contributed by atoms with Crippen LogP contribution in [0.25, 0.3) is 0 Å². The van der Waals surface area contributed by atoms with Crippen LogP contribution in [0.2, 0.25) is 5.02 Å². The molecule has 1 atom stereocenters. The van der Waals surface area contributed by atoms with E-state index < -0.39 is 23.4 Å². The third-order valence-electron chi connectivity index (χ3n) is 4.80. The molecular formula is C21H22ClN3O3. The van der Waals surface area contributed by atoms with Crippen LogP contribution < -0.4 is 10.6 Å². The van der Waals surface area contributed by atoms with Gasteiger partial charge in [0.15, 0.2) is 0 Å². The van der Waals surface area contributed by atoms with Crippen LogP contribution in [-0.4, -0.2) is 29.3 Å². The molecule has 2 aromatic rings. The smallest absolute Gasteiger partial charge is 0.325 e. The number of benzene rings is 2. The van der Waals surface area contributed by atoms with Crippen molar-refractivity contribution in [3.05, 3.63) is 70.7 Å². The SMILES string of the molecule is CCC[C@@]1(c2ccccc2)NC(=O)N(CC(=O)NCc2ccccc2Cl)C1=O. The molecule has 1 aliphatic heterocycles. The van der Waals surface area contributed by atoms with Crippen molar-refractivity contribution in [2.45, 2.75) is 31.8 Å². The summed E-state index contributed by atoms with van der Waals surface area (Å²) in [6, 6.07) is 15.7. The zero-order chi connectivity index (χ0) is 20.1. The first-order valence-corrected chi connectivity index (χ1v) is 9.55. The van der Waals surface area contributed by atoms with Crippen LogP contribution in [0.1, 0.15) is 30.9 Å². The van der Waals surface area contributed by atoms with E-state index in [1.54, 1.807) is 18.2 Å². The normalized spacial score (nSPS) is 18.9. The summed E-state index contributed by atoms with van der Waals surface area (Å²) in [6.45, 7) is 1.83. The topological polar surface area (TPSA) is 78.5 Å². The number of imide groups is 1. The van der Waals surface area contributed by atoms with E-state index in [4.69, 9.17) is 11.6 Å². The number of carbonyl (C=O) groups is 3. The molecule has 0 spiro atoms. The van der Waals surface area contributed by atoms with Crippen molar-refractivity contribution in [2.24, 2.45) is 0 Å². The van der Waals surface area contributed by atoms with Crippen LogP contribution in [-0.2, 0) is 21.7 Å². The number of carbonyl (C=O) groups excluding carboxylic acids is 3. The van der Waals surface area contributed by atoms with E-state index in [1.807, 2.05) is 43.3 Å². The van der Waals surface area contributed by atoms with Crippen LogP contribution >= 0.6 is 11.6 Å². The third kappa shape index (κ3) is 3.87. The molecule has 4 amide bonds. The van der Waals surface area contributed by atoms with Gasteiger partial charge in [0.2, 0.25) is 5.91 Å². The number of halogens is 1. The molecule has 7 heteroatoms. The highest BCUT2D eigenvalue weighted by Gasteiger charge is 2.52.